The molecule has 0 spiro atoms. The monoisotopic (exact) mass is 264 g/mol. The number of carbonyl (C=O) groups excluding carboxylic acids is 1. The van der Waals surface area contributed by atoms with Crippen molar-refractivity contribution in [1.82, 2.24) is 10.2 Å². The largest absolute Gasteiger partial charge is 0.464 e. The number of nitrogens with two attached hydrogens (primary N) is 1. The second kappa shape index (κ2) is 5.97. The average molecular weight is 264 g/mol. The maximum Gasteiger partial charge on any atom is 0.358 e. The molecule has 3 N–H and O–H groups in total. The molecule has 2 rings (SSSR count). The van der Waals surface area contributed by atoms with Crippen LogP contribution in [0, 0.1) is 0 Å². The Balaban J connectivity index is 1.91. The van der Waals surface area contributed by atoms with Gasteiger partial charge >= 0.3 is 5.97 Å². The molecule has 1 aromatic rings. The van der Waals surface area contributed by atoms with Crippen LogP contribution in [0.4, 0.5) is 5.82 Å². The average Bonchev–Trinajstić information content (AvgIpc) is 2.46. The lowest BCUT2D eigenvalue weighted by Crippen LogP contribution is -2.47. The number of nitrogens with zero attached hydrogens (tertiary/aromatic N) is 2. The van der Waals surface area contributed by atoms with Crippen molar-refractivity contribution >= 4 is 11.8 Å². The summed E-state index contributed by atoms with van der Waals surface area (Å²) in [6.45, 7) is 0.680. The summed E-state index contributed by atoms with van der Waals surface area (Å²) in [5, 5.41) is 10.9. The Morgan fingerprint density at radius 2 is 2.11 bits per heavy atom. The predicted octanol–water partition coefficient (Wildman–Crippen LogP) is 1.34. The first-order chi connectivity index (χ1) is 9.13. The predicted molar refractivity (Wildman–Crippen MR) is 71.9 cm³/mol. The van der Waals surface area contributed by atoms with Gasteiger partial charge in [0.25, 0.3) is 0 Å². The van der Waals surface area contributed by atoms with Crippen molar-refractivity contribution in [3.63, 3.8) is 0 Å². The van der Waals surface area contributed by atoms with Gasteiger partial charge in [0.1, 0.15) is 5.82 Å². The van der Waals surface area contributed by atoms with Crippen LogP contribution in [0.5, 0.6) is 0 Å². The zero-order valence-electron chi connectivity index (χ0n) is 11.2. The molecule has 0 aromatic carbocycles. The van der Waals surface area contributed by atoms with Crippen LogP contribution in [0.25, 0.3) is 0 Å². The van der Waals surface area contributed by atoms with Gasteiger partial charge in [0.05, 0.1) is 7.11 Å². The fourth-order valence-electron chi connectivity index (χ4n) is 2.34. The summed E-state index contributed by atoms with van der Waals surface area (Å²) in [5.74, 6) is 0.143. The number of methoxy groups -OCH3 is 1. The molecular formula is C13H20N4O2. The minimum Gasteiger partial charge on any atom is -0.464 e. The van der Waals surface area contributed by atoms with E-state index in [0.29, 0.717) is 12.4 Å². The number of hydrogen-bond donors (Lipinski definition) is 2. The van der Waals surface area contributed by atoms with E-state index in [4.69, 9.17) is 5.73 Å². The highest BCUT2D eigenvalue weighted by molar-refractivity contribution is 5.86. The first-order valence-corrected chi connectivity index (χ1v) is 6.58. The quantitative estimate of drug-likeness (QED) is 0.797. The van der Waals surface area contributed by atoms with E-state index in [1.54, 1.807) is 12.1 Å². The number of nitrogens with one attached hydrogen (secondary N) is 1. The lowest BCUT2D eigenvalue weighted by atomic mass is 9.82. The molecule has 0 amide bonds. The summed E-state index contributed by atoms with van der Waals surface area (Å²) >= 11 is 0. The molecule has 0 radical (unpaired) electrons. The number of esters is 1. The van der Waals surface area contributed by atoms with E-state index in [1.165, 1.54) is 26.4 Å². The Morgan fingerprint density at radius 1 is 1.37 bits per heavy atom. The highest BCUT2D eigenvalue weighted by Crippen LogP contribution is 2.25. The Labute approximate surface area is 112 Å². The van der Waals surface area contributed by atoms with Gasteiger partial charge in [-0.05, 0) is 25.0 Å². The first-order valence-electron chi connectivity index (χ1n) is 6.58. The van der Waals surface area contributed by atoms with E-state index in [0.717, 1.165) is 12.8 Å². The van der Waals surface area contributed by atoms with Gasteiger partial charge < -0.3 is 15.8 Å². The Hall–Kier alpha value is -1.69. The number of ether oxygens (including phenoxy) is 1. The number of hydrogen-bond acceptors (Lipinski definition) is 6. The third-order valence-electron chi connectivity index (χ3n) is 3.53. The second-order valence-corrected chi connectivity index (χ2v) is 5.07. The van der Waals surface area contributed by atoms with E-state index in [9.17, 15) is 4.79 Å². The second-order valence-electron chi connectivity index (χ2n) is 5.07. The molecule has 6 heteroatoms. The topological polar surface area (TPSA) is 90.1 Å². The Bertz CT molecular complexity index is 427. The van der Waals surface area contributed by atoms with Crippen molar-refractivity contribution in [2.75, 3.05) is 19.0 Å². The highest BCUT2D eigenvalue weighted by atomic mass is 16.5. The molecule has 1 aromatic heterocycles. The van der Waals surface area contributed by atoms with E-state index >= 15 is 0 Å². The molecule has 0 unspecified atom stereocenters. The third-order valence-corrected chi connectivity index (χ3v) is 3.53. The van der Waals surface area contributed by atoms with Crippen LogP contribution >= 0.6 is 0 Å². The standard InChI is InChI=1S/C13H20N4O2/c1-19-12(18)10-5-6-11(17-16-10)15-9-13(14)7-3-2-4-8-13/h5-6H,2-4,7-9,14H2,1H3,(H,15,17). The summed E-state index contributed by atoms with van der Waals surface area (Å²) in [6, 6.07) is 3.30. The van der Waals surface area contributed by atoms with Crippen molar-refractivity contribution in [1.29, 1.82) is 0 Å². The molecule has 6 nitrogen and oxygen atoms in total. The zero-order valence-corrected chi connectivity index (χ0v) is 11.2. The van der Waals surface area contributed by atoms with Gasteiger partial charge in [-0.25, -0.2) is 4.79 Å². The molecule has 1 fully saturated rings. The molecule has 0 atom stereocenters. The molecule has 0 saturated heterocycles. The highest BCUT2D eigenvalue weighted by Gasteiger charge is 2.27. The summed E-state index contributed by atoms with van der Waals surface area (Å²) in [6.07, 6.45) is 5.71. The molecule has 1 heterocycles. The minimum absolute atomic E-state index is 0.152. The number of anilines is 1. The fraction of sp³-hybridized carbons (Fsp3) is 0.615. The molecule has 19 heavy (non-hydrogen) atoms. The number of carbonyl (C=O) groups is 1. The molecule has 1 aliphatic rings. The van der Waals surface area contributed by atoms with Gasteiger partial charge in [-0.1, -0.05) is 19.3 Å². The van der Waals surface area contributed by atoms with Crippen LogP contribution in [-0.2, 0) is 4.74 Å². The Morgan fingerprint density at radius 3 is 2.68 bits per heavy atom. The van der Waals surface area contributed by atoms with Crippen LogP contribution in [0.1, 0.15) is 42.6 Å². The van der Waals surface area contributed by atoms with Gasteiger partial charge in [-0.3, -0.25) is 0 Å². The van der Waals surface area contributed by atoms with Gasteiger partial charge in [0.15, 0.2) is 5.69 Å². The van der Waals surface area contributed by atoms with Crippen LogP contribution in [0.2, 0.25) is 0 Å². The van der Waals surface area contributed by atoms with Crippen molar-refractivity contribution < 1.29 is 9.53 Å². The zero-order chi connectivity index (χ0) is 13.7. The smallest absolute Gasteiger partial charge is 0.358 e. The number of rotatable bonds is 4. The Kier molecular flexibility index (Phi) is 4.31. The maximum atomic E-state index is 11.2. The summed E-state index contributed by atoms with van der Waals surface area (Å²) in [4.78, 5) is 11.2. The van der Waals surface area contributed by atoms with E-state index in [-0.39, 0.29) is 11.2 Å². The lowest BCUT2D eigenvalue weighted by molar-refractivity contribution is 0.0593. The van der Waals surface area contributed by atoms with E-state index in [2.05, 4.69) is 20.3 Å². The summed E-state index contributed by atoms with van der Waals surface area (Å²) in [7, 11) is 1.32. The molecule has 1 aliphatic carbocycles. The minimum atomic E-state index is -0.485. The van der Waals surface area contributed by atoms with Crippen LogP contribution in [-0.4, -0.2) is 35.4 Å². The number of aromatic nitrogens is 2. The fourth-order valence-corrected chi connectivity index (χ4v) is 2.34. The SMILES string of the molecule is COC(=O)c1ccc(NCC2(N)CCCCC2)nn1. The molecular weight excluding hydrogens is 244 g/mol. The molecule has 0 aliphatic heterocycles. The molecule has 1 saturated carbocycles. The summed E-state index contributed by atoms with van der Waals surface area (Å²) < 4.78 is 4.57. The normalized spacial score (nSPS) is 17.8. The van der Waals surface area contributed by atoms with Crippen molar-refractivity contribution in [2.45, 2.75) is 37.6 Å². The van der Waals surface area contributed by atoms with Crippen molar-refractivity contribution in [3.8, 4) is 0 Å². The van der Waals surface area contributed by atoms with Gasteiger partial charge in [-0.2, -0.15) is 0 Å². The van der Waals surface area contributed by atoms with Crippen LogP contribution in [0.3, 0.4) is 0 Å². The lowest BCUT2D eigenvalue weighted by Gasteiger charge is -2.33. The molecule has 104 valence electrons. The van der Waals surface area contributed by atoms with Crippen LogP contribution in [0.15, 0.2) is 12.1 Å². The van der Waals surface area contributed by atoms with Gasteiger partial charge in [0, 0.05) is 12.1 Å². The van der Waals surface area contributed by atoms with Crippen molar-refractivity contribution in [2.24, 2.45) is 5.73 Å². The van der Waals surface area contributed by atoms with E-state index in [1.807, 2.05) is 0 Å². The van der Waals surface area contributed by atoms with Gasteiger partial charge in [0.2, 0.25) is 0 Å². The first kappa shape index (κ1) is 13.7. The summed E-state index contributed by atoms with van der Waals surface area (Å²) in [5.41, 5.74) is 6.37. The maximum absolute atomic E-state index is 11.2. The van der Waals surface area contributed by atoms with E-state index < -0.39 is 5.97 Å². The van der Waals surface area contributed by atoms with Crippen LogP contribution < -0.4 is 11.1 Å². The van der Waals surface area contributed by atoms with Crippen molar-refractivity contribution in [3.05, 3.63) is 17.8 Å². The van der Waals surface area contributed by atoms with Gasteiger partial charge in [-0.15, -0.1) is 10.2 Å². The molecule has 0 bridgehead atoms. The third kappa shape index (κ3) is 3.64.